The van der Waals surface area contributed by atoms with Crippen molar-refractivity contribution in [1.29, 1.82) is 0 Å². The van der Waals surface area contributed by atoms with Gasteiger partial charge in [-0.05, 0) is 50.8 Å². The van der Waals surface area contributed by atoms with Crippen LogP contribution in [-0.4, -0.2) is 63.4 Å². The van der Waals surface area contributed by atoms with E-state index >= 15 is 0 Å². The number of nitrogens with zero attached hydrogens (tertiary/aromatic N) is 7. The topological polar surface area (TPSA) is 148 Å². The van der Waals surface area contributed by atoms with Crippen molar-refractivity contribution in [3.8, 4) is 22.4 Å². The number of nitrogens with two attached hydrogens (primary N) is 1. The Labute approximate surface area is 233 Å². The van der Waals surface area contributed by atoms with Crippen molar-refractivity contribution in [3.63, 3.8) is 0 Å². The summed E-state index contributed by atoms with van der Waals surface area (Å²) < 4.78 is 15.8. The number of nitrogen functional groups attached to an aromatic ring is 1. The summed E-state index contributed by atoms with van der Waals surface area (Å²) >= 11 is 0. The second-order valence-electron chi connectivity index (χ2n) is 10.6. The Bertz CT molecular complexity index is 1790. The van der Waals surface area contributed by atoms with Crippen LogP contribution < -0.4 is 5.73 Å². The van der Waals surface area contributed by atoms with Gasteiger partial charge in [0.1, 0.15) is 18.0 Å². The number of carbonyl (C=O) groups is 2. The Balaban J connectivity index is 1.26. The van der Waals surface area contributed by atoms with Crippen molar-refractivity contribution in [2.24, 2.45) is 0 Å². The molecule has 2 bridgehead atoms. The van der Waals surface area contributed by atoms with Gasteiger partial charge in [0.2, 0.25) is 5.82 Å². The molecule has 4 aromatic heterocycles. The number of carbonyl (C=O) groups excluding carboxylic acids is 2. The minimum Gasteiger partial charge on any atom is -0.383 e. The third kappa shape index (κ3) is 4.05. The number of ketones is 1. The highest BCUT2D eigenvalue weighted by Gasteiger charge is 2.45. The highest BCUT2D eigenvalue weighted by Crippen LogP contribution is 2.45. The van der Waals surface area contributed by atoms with Gasteiger partial charge in [-0.1, -0.05) is 18.2 Å². The normalized spacial score (nSPS) is 20.0. The maximum absolute atomic E-state index is 14.3. The Kier molecular flexibility index (Phi) is 5.84. The molecule has 1 aromatic carbocycles. The van der Waals surface area contributed by atoms with E-state index in [2.05, 4.69) is 25.3 Å². The zero-order valence-electron chi connectivity index (χ0n) is 22.2. The van der Waals surface area contributed by atoms with Gasteiger partial charge in [0.25, 0.3) is 5.91 Å². The van der Waals surface area contributed by atoms with Crippen molar-refractivity contribution in [2.75, 3.05) is 5.73 Å². The summed E-state index contributed by atoms with van der Waals surface area (Å²) in [6.07, 6.45) is 7.74. The van der Waals surface area contributed by atoms with Gasteiger partial charge in [0.15, 0.2) is 11.4 Å². The number of halogens is 1. The smallest absolute Gasteiger partial charge is 0.292 e. The summed E-state index contributed by atoms with van der Waals surface area (Å²) in [4.78, 5) is 40.2. The van der Waals surface area contributed by atoms with Gasteiger partial charge in [-0.15, -0.1) is 10.2 Å². The number of aromatic nitrogens is 7. The quantitative estimate of drug-likeness (QED) is 0.311. The second-order valence-corrected chi connectivity index (χ2v) is 10.6. The number of aromatic amines is 1. The summed E-state index contributed by atoms with van der Waals surface area (Å²) in [6, 6.07) is 10.1. The standard InChI is InChI=1S/C29H26FN9O2/c1-15(40)24-25(17-10-18-7-8-19(11-17)38(18)29(41)27-33-14-34-37-27)36-28-21(13-35-39(28)26(24)31)16-6-9-23(32-12-16)20-4-2-3-5-22(20)30/h2-6,9,12-14,17-19H,7-8,10-11,31H2,1H3,(H,33,34,37)/t17-,18+,19-. The number of amides is 1. The minimum absolute atomic E-state index is 0.00471. The number of pyridine rings is 1. The molecule has 0 saturated carbocycles. The Hall–Kier alpha value is -5.00. The van der Waals surface area contributed by atoms with Crippen LogP contribution in [0, 0.1) is 5.82 Å². The van der Waals surface area contributed by atoms with E-state index in [0.29, 0.717) is 46.6 Å². The minimum atomic E-state index is -0.345. The lowest BCUT2D eigenvalue weighted by molar-refractivity contribution is 0.0556. The first-order valence-corrected chi connectivity index (χ1v) is 13.5. The lowest BCUT2D eigenvalue weighted by Crippen LogP contribution is -2.46. The van der Waals surface area contributed by atoms with Gasteiger partial charge in [0, 0.05) is 40.9 Å². The molecule has 5 aromatic rings. The van der Waals surface area contributed by atoms with Gasteiger partial charge >= 0.3 is 0 Å². The van der Waals surface area contributed by atoms with Gasteiger partial charge in [0.05, 0.1) is 23.1 Å². The highest BCUT2D eigenvalue weighted by molar-refractivity contribution is 6.00. The first-order chi connectivity index (χ1) is 19.9. The number of rotatable bonds is 5. The molecule has 3 atom stereocenters. The number of fused-ring (bicyclic) bond motifs is 3. The molecule has 11 nitrogen and oxygen atoms in total. The fraction of sp³-hybridized carbons (Fsp3) is 0.276. The summed E-state index contributed by atoms with van der Waals surface area (Å²) in [7, 11) is 0. The molecule has 1 amide bonds. The molecule has 2 saturated heterocycles. The van der Waals surface area contributed by atoms with Crippen LogP contribution in [0.15, 0.2) is 55.1 Å². The molecule has 2 aliphatic heterocycles. The maximum atomic E-state index is 14.3. The van der Waals surface area contributed by atoms with Gasteiger partial charge in [-0.2, -0.15) is 9.61 Å². The highest BCUT2D eigenvalue weighted by atomic mass is 19.1. The summed E-state index contributed by atoms with van der Waals surface area (Å²) in [5.41, 5.74) is 10.4. The summed E-state index contributed by atoms with van der Waals surface area (Å²) in [5.74, 6) is -0.303. The van der Waals surface area contributed by atoms with Gasteiger partial charge < -0.3 is 15.6 Å². The van der Waals surface area contributed by atoms with E-state index in [4.69, 9.17) is 10.7 Å². The average molecular weight is 552 g/mol. The number of anilines is 1. The molecule has 0 spiro atoms. The van der Waals surface area contributed by atoms with Gasteiger partial charge in [-0.3, -0.25) is 14.6 Å². The molecule has 41 heavy (non-hydrogen) atoms. The third-order valence-electron chi connectivity index (χ3n) is 8.26. The molecule has 2 fully saturated rings. The van der Waals surface area contributed by atoms with Crippen LogP contribution in [0.5, 0.6) is 0 Å². The molecule has 6 heterocycles. The molecule has 0 radical (unpaired) electrons. The van der Waals surface area contributed by atoms with Crippen LogP contribution >= 0.6 is 0 Å². The fourth-order valence-electron chi connectivity index (χ4n) is 6.44. The fourth-order valence-corrected chi connectivity index (χ4v) is 6.44. The Morgan fingerprint density at radius 3 is 2.49 bits per heavy atom. The van der Waals surface area contributed by atoms with Crippen LogP contribution in [-0.2, 0) is 0 Å². The second kappa shape index (κ2) is 9.58. The molecule has 7 rings (SSSR count). The molecule has 0 unspecified atom stereocenters. The first-order valence-electron chi connectivity index (χ1n) is 13.5. The van der Waals surface area contributed by atoms with Crippen molar-refractivity contribution in [1.82, 2.24) is 39.7 Å². The van der Waals surface area contributed by atoms with Crippen molar-refractivity contribution < 1.29 is 14.0 Å². The molecule has 206 valence electrons. The van der Waals surface area contributed by atoms with E-state index in [1.807, 2.05) is 11.0 Å². The molecule has 3 N–H and O–H groups in total. The van der Waals surface area contributed by atoms with Crippen molar-refractivity contribution in [3.05, 3.63) is 78.0 Å². The van der Waals surface area contributed by atoms with Crippen LogP contribution in [0.1, 0.15) is 65.2 Å². The first kappa shape index (κ1) is 25.0. The zero-order valence-corrected chi connectivity index (χ0v) is 22.2. The lowest BCUT2D eigenvalue weighted by atomic mass is 9.85. The molecule has 12 heteroatoms. The van der Waals surface area contributed by atoms with E-state index in [9.17, 15) is 14.0 Å². The summed E-state index contributed by atoms with van der Waals surface area (Å²) in [5, 5.41) is 12.1. The monoisotopic (exact) mass is 551 g/mol. The summed E-state index contributed by atoms with van der Waals surface area (Å²) in [6.45, 7) is 1.48. The SMILES string of the molecule is CC(=O)c1c([C@H]2C[C@H]3CC[C@@H](C2)N3C(=O)c2nnc[nH]2)nc2c(-c3ccc(-c4ccccc4F)nc3)cnn2c1N. The number of Topliss-reactive ketones (excluding diaryl/α,β-unsaturated/α-hetero) is 1. The van der Waals surface area contributed by atoms with E-state index in [1.165, 1.54) is 23.8 Å². The predicted molar refractivity (Wildman–Crippen MR) is 147 cm³/mol. The lowest BCUT2D eigenvalue weighted by Gasteiger charge is -2.38. The maximum Gasteiger partial charge on any atom is 0.292 e. The number of nitrogens with one attached hydrogen (secondary N) is 1. The Morgan fingerprint density at radius 1 is 1.05 bits per heavy atom. The van der Waals surface area contributed by atoms with Crippen LogP contribution in [0.4, 0.5) is 10.2 Å². The number of benzene rings is 1. The number of hydrogen-bond acceptors (Lipinski definition) is 8. The largest absolute Gasteiger partial charge is 0.383 e. The molecule has 0 aliphatic carbocycles. The van der Waals surface area contributed by atoms with Gasteiger partial charge in [-0.25, -0.2) is 9.37 Å². The third-order valence-corrected chi connectivity index (χ3v) is 8.26. The number of H-pyrrole nitrogens is 1. The molecular formula is C29H26FN9O2. The number of hydrogen-bond donors (Lipinski definition) is 2. The van der Waals surface area contributed by atoms with Crippen molar-refractivity contribution >= 4 is 23.2 Å². The van der Waals surface area contributed by atoms with E-state index in [1.54, 1.807) is 36.7 Å². The predicted octanol–water partition coefficient (Wildman–Crippen LogP) is 4.05. The van der Waals surface area contributed by atoms with Crippen molar-refractivity contribution in [2.45, 2.75) is 50.6 Å². The van der Waals surface area contributed by atoms with Crippen LogP contribution in [0.3, 0.4) is 0 Å². The van der Waals surface area contributed by atoms with E-state index in [-0.39, 0.29) is 47.2 Å². The number of piperidine rings is 1. The molecule has 2 aliphatic rings. The Morgan fingerprint density at radius 2 is 1.83 bits per heavy atom. The molecular weight excluding hydrogens is 525 g/mol. The van der Waals surface area contributed by atoms with Crippen LogP contribution in [0.2, 0.25) is 0 Å². The average Bonchev–Trinajstić information content (AvgIpc) is 3.71. The van der Waals surface area contributed by atoms with E-state index < -0.39 is 0 Å². The zero-order chi connectivity index (χ0) is 28.2. The van der Waals surface area contributed by atoms with Crippen LogP contribution in [0.25, 0.3) is 28.0 Å². The van der Waals surface area contributed by atoms with E-state index in [0.717, 1.165) is 18.4 Å².